The van der Waals surface area contributed by atoms with Gasteiger partial charge in [0.2, 0.25) is 17.7 Å². The summed E-state index contributed by atoms with van der Waals surface area (Å²) in [6.45, 7) is 2.32. The van der Waals surface area contributed by atoms with Crippen molar-refractivity contribution in [3.63, 3.8) is 0 Å². The van der Waals surface area contributed by atoms with E-state index in [1.54, 1.807) is 17.7 Å². The number of hydrogen-bond donors (Lipinski definition) is 1. The van der Waals surface area contributed by atoms with Crippen molar-refractivity contribution < 1.29 is 14.3 Å². The molecule has 2 aliphatic carbocycles. The number of rotatable bonds is 7. The monoisotopic (exact) mass is 471 g/mol. The van der Waals surface area contributed by atoms with Crippen molar-refractivity contribution in [3.05, 3.63) is 16.8 Å². The molecule has 1 saturated carbocycles. The van der Waals surface area contributed by atoms with E-state index in [9.17, 15) is 9.59 Å². The second-order valence-corrected chi connectivity index (χ2v) is 10.8. The fourth-order valence-corrected chi connectivity index (χ4v) is 6.98. The normalized spacial score (nSPS) is 25.0. The van der Waals surface area contributed by atoms with E-state index in [2.05, 4.69) is 21.9 Å². The molecule has 2 amide bonds. The number of thiophene rings is 1. The van der Waals surface area contributed by atoms with E-state index >= 15 is 0 Å². The van der Waals surface area contributed by atoms with Crippen molar-refractivity contribution in [1.82, 2.24) is 19.8 Å². The maximum Gasteiger partial charge on any atom is 0.236 e. The van der Waals surface area contributed by atoms with Gasteiger partial charge in [-0.2, -0.15) is 0 Å². The Labute approximate surface area is 198 Å². The van der Waals surface area contributed by atoms with Crippen LogP contribution in [0.15, 0.2) is 6.33 Å². The van der Waals surface area contributed by atoms with Crippen LogP contribution in [0.2, 0.25) is 0 Å². The number of likely N-dealkylation sites (tertiary alicyclic amines) is 1. The molecule has 5 rings (SSSR count). The molecule has 0 bridgehead atoms. The Bertz CT molecular complexity index is 1030. The van der Waals surface area contributed by atoms with Crippen molar-refractivity contribution >= 4 is 33.4 Å². The highest BCUT2D eigenvalue weighted by Gasteiger charge is 2.33. The molecule has 3 aliphatic rings. The maximum absolute atomic E-state index is 12.5. The Balaban J connectivity index is 1.23. The number of carbonyl (C=O) groups is 2. The van der Waals surface area contributed by atoms with Gasteiger partial charge in [-0.25, -0.2) is 9.97 Å². The summed E-state index contributed by atoms with van der Waals surface area (Å²) in [6, 6.07) is 0.409. The third-order valence-corrected chi connectivity index (χ3v) is 8.71. The minimum Gasteiger partial charge on any atom is -0.474 e. The van der Waals surface area contributed by atoms with E-state index < -0.39 is 0 Å². The maximum atomic E-state index is 12.5. The molecule has 8 nitrogen and oxygen atoms in total. The fraction of sp³-hybridized carbons (Fsp3) is 0.667. The van der Waals surface area contributed by atoms with Gasteiger partial charge in [0.05, 0.1) is 11.9 Å². The van der Waals surface area contributed by atoms with Gasteiger partial charge in [0.15, 0.2) is 0 Å². The first-order valence-electron chi connectivity index (χ1n) is 12.2. The number of aromatic nitrogens is 2. The Hall–Kier alpha value is -2.26. The molecule has 1 saturated heterocycles. The molecule has 0 unspecified atom stereocenters. The van der Waals surface area contributed by atoms with Gasteiger partial charge in [0.1, 0.15) is 17.3 Å². The first kappa shape index (κ1) is 22.5. The van der Waals surface area contributed by atoms with E-state index in [1.807, 2.05) is 4.90 Å². The number of carbonyl (C=O) groups excluding carboxylic acids is 2. The summed E-state index contributed by atoms with van der Waals surface area (Å²) in [7, 11) is 2.07. The predicted octanol–water partition coefficient (Wildman–Crippen LogP) is 2.84. The largest absolute Gasteiger partial charge is 0.474 e. The highest BCUT2D eigenvalue weighted by atomic mass is 32.1. The van der Waals surface area contributed by atoms with Crippen LogP contribution in [0.4, 0.5) is 0 Å². The molecule has 2 aromatic rings. The molecule has 2 N–H and O–H groups in total. The predicted molar refractivity (Wildman–Crippen MR) is 127 cm³/mol. The molecule has 0 aromatic carbocycles. The number of fused-ring (bicyclic) bond motifs is 3. The van der Waals surface area contributed by atoms with Crippen LogP contribution in [0.3, 0.4) is 0 Å². The van der Waals surface area contributed by atoms with Crippen molar-refractivity contribution in [2.45, 2.75) is 75.9 Å². The highest BCUT2D eigenvalue weighted by molar-refractivity contribution is 7.19. The summed E-state index contributed by atoms with van der Waals surface area (Å²) >= 11 is 1.69. The minimum absolute atomic E-state index is 0.105. The van der Waals surface area contributed by atoms with Crippen LogP contribution in [-0.4, -0.2) is 70.4 Å². The first-order chi connectivity index (χ1) is 16.0. The van der Waals surface area contributed by atoms with Gasteiger partial charge in [-0.05, 0) is 69.9 Å². The van der Waals surface area contributed by atoms with Crippen LogP contribution in [0.5, 0.6) is 5.88 Å². The molecule has 2 fully saturated rings. The Morgan fingerprint density at radius 3 is 2.67 bits per heavy atom. The van der Waals surface area contributed by atoms with E-state index in [-0.39, 0.29) is 23.8 Å². The summed E-state index contributed by atoms with van der Waals surface area (Å²) in [5, 5.41) is 0.983. The molecule has 3 heterocycles. The number of nitrogens with two attached hydrogens (primary N) is 1. The average molecular weight is 472 g/mol. The Kier molecular flexibility index (Phi) is 6.51. The smallest absolute Gasteiger partial charge is 0.236 e. The summed E-state index contributed by atoms with van der Waals surface area (Å²) in [6.07, 6.45) is 10.1. The number of ether oxygens (including phenoxy) is 1. The van der Waals surface area contributed by atoms with Crippen LogP contribution < -0.4 is 10.5 Å². The van der Waals surface area contributed by atoms with Crippen LogP contribution in [-0.2, 0) is 16.0 Å². The fourth-order valence-electron chi connectivity index (χ4n) is 5.75. The lowest BCUT2D eigenvalue weighted by Gasteiger charge is -2.35. The molecular weight excluding hydrogens is 438 g/mol. The second-order valence-electron chi connectivity index (χ2n) is 9.76. The Morgan fingerprint density at radius 1 is 1.18 bits per heavy atom. The molecule has 1 atom stereocenters. The molecule has 0 spiro atoms. The quantitative estimate of drug-likeness (QED) is 0.666. The van der Waals surface area contributed by atoms with Crippen molar-refractivity contribution in [2.24, 2.45) is 5.73 Å². The third kappa shape index (κ3) is 4.71. The van der Waals surface area contributed by atoms with Crippen LogP contribution in [0, 0.1) is 0 Å². The lowest BCUT2D eigenvalue weighted by atomic mass is 9.92. The van der Waals surface area contributed by atoms with Gasteiger partial charge in [0, 0.05) is 30.4 Å². The van der Waals surface area contributed by atoms with E-state index in [4.69, 9.17) is 10.5 Å². The summed E-state index contributed by atoms with van der Waals surface area (Å²) in [4.78, 5) is 39.5. The molecule has 33 heavy (non-hydrogen) atoms. The van der Waals surface area contributed by atoms with E-state index in [0.29, 0.717) is 24.9 Å². The number of likely N-dealkylation sites (N-methyl/N-ethyl adjacent to an activating group) is 1. The van der Waals surface area contributed by atoms with Crippen molar-refractivity contribution in [3.8, 4) is 5.88 Å². The zero-order chi connectivity index (χ0) is 22.9. The lowest BCUT2D eigenvalue weighted by Crippen LogP contribution is -2.44. The summed E-state index contributed by atoms with van der Waals surface area (Å²) in [5.74, 6) is 0.776. The first-order valence-corrected chi connectivity index (χ1v) is 13.0. The average Bonchev–Trinajstić information content (AvgIpc) is 3.52. The topological polar surface area (TPSA) is 102 Å². The van der Waals surface area contributed by atoms with E-state index in [0.717, 1.165) is 74.7 Å². The van der Waals surface area contributed by atoms with Crippen LogP contribution in [0.25, 0.3) is 10.2 Å². The molecular formula is C24H33N5O3S. The molecule has 9 heteroatoms. The van der Waals surface area contributed by atoms with Gasteiger partial charge < -0.3 is 15.4 Å². The number of nitrogens with zero attached hydrogens (tertiary/aromatic N) is 4. The zero-order valence-corrected chi connectivity index (χ0v) is 20.1. The Morgan fingerprint density at radius 2 is 1.94 bits per heavy atom. The number of hydrogen-bond acceptors (Lipinski definition) is 7. The van der Waals surface area contributed by atoms with Gasteiger partial charge in [-0.15, -0.1) is 11.3 Å². The third-order valence-electron chi connectivity index (χ3n) is 7.53. The van der Waals surface area contributed by atoms with Gasteiger partial charge in [-0.1, -0.05) is 0 Å². The molecule has 0 radical (unpaired) electrons. The molecule has 178 valence electrons. The number of amides is 2. The van der Waals surface area contributed by atoms with Crippen LogP contribution in [0.1, 0.15) is 67.7 Å². The van der Waals surface area contributed by atoms with Crippen molar-refractivity contribution in [2.75, 3.05) is 26.7 Å². The molecule has 2 aromatic heterocycles. The second kappa shape index (κ2) is 9.54. The molecule has 1 aliphatic heterocycles. The standard InChI is InChI=1S/C24H33N5O3S/c1-28(13-20(31)29-10-2-3-11-29)16-5-7-17(8-6-16)32-23-22-21-15(12-19(25)30)4-9-18(21)33-24(22)27-14-26-23/h14-17H,2-13H2,1H3,(H2,25,30)/t15-,16?,17?/m1/s1. The summed E-state index contributed by atoms with van der Waals surface area (Å²) < 4.78 is 6.44. The van der Waals surface area contributed by atoms with E-state index in [1.165, 1.54) is 10.4 Å². The van der Waals surface area contributed by atoms with Crippen molar-refractivity contribution in [1.29, 1.82) is 0 Å². The van der Waals surface area contributed by atoms with Gasteiger partial charge in [0.25, 0.3) is 0 Å². The number of aryl methyl sites for hydroxylation is 1. The summed E-state index contributed by atoms with van der Waals surface area (Å²) in [5.41, 5.74) is 6.69. The van der Waals surface area contributed by atoms with Gasteiger partial charge >= 0.3 is 0 Å². The van der Waals surface area contributed by atoms with Crippen LogP contribution >= 0.6 is 11.3 Å². The minimum atomic E-state index is -0.267. The SMILES string of the molecule is CN(CC(=O)N1CCCC1)C1CCC(Oc2ncnc3sc4c(c23)[C@@H](CC(N)=O)CC4)CC1. The lowest BCUT2D eigenvalue weighted by molar-refractivity contribution is -0.131. The highest BCUT2D eigenvalue weighted by Crippen LogP contribution is 2.47. The zero-order valence-electron chi connectivity index (χ0n) is 19.3. The number of primary amides is 1. The van der Waals surface area contributed by atoms with Gasteiger partial charge in [-0.3, -0.25) is 14.5 Å².